The fraction of sp³-hybridized carbons (Fsp3) is 0.375. The predicted octanol–water partition coefficient (Wildman–Crippen LogP) is 10.3. The number of halogens is 6. The lowest BCUT2D eigenvalue weighted by Gasteiger charge is -2.27. The molecular formula is C32H32F6O2. The zero-order valence-corrected chi connectivity index (χ0v) is 22.5. The molecule has 0 spiro atoms. The molecule has 4 rings (SSSR count). The molecule has 3 aromatic carbocycles. The third-order valence-corrected chi connectivity index (χ3v) is 7.25. The Morgan fingerprint density at radius 2 is 1.32 bits per heavy atom. The highest BCUT2D eigenvalue weighted by Gasteiger charge is 2.39. The average molecular weight is 563 g/mol. The van der Waals surface area contributed by atoms with E-state index in [1.54, 1.807) is 6.92 Å². The largest absolute Gasteiger partial charge is 0.491 e. The molecule has 2 nitrogen and oxygen atoms in total. The molecule has 3 aromatic rings. The summed E-state index contributed by atoms with van der Waals surface area (Å²) in [5.41, 5.74) is 0.0717. The maximum atomic E-state index is 15.0. The van der Waals surface area contributed by atoms with Gasteiger partial charge in [0.25, 0.3) is 0 Å². The summed E-state index contributed by atoms with van der Waals surface area (Å²) >= 11 is 0. The van der Waals surface area contributed by atoms with Crippen molar-refractivity contribution in [1.29, 1.82) is 0 Å². The fourth-order valence-electron chi connectivity index (χ4n) is 4.99. The Balaban J connectivity index is 1.49. The number of ether oxygens (including phenoxy) is 2. The van der Waals surface area contributed by atoms with Crippen LogP contribution in [0.15, 0.2) is 60.2 Å². The van der Waals surface area contributed by atoms with Crippen molar-refractivity contribution in [3.8, 4) is 33.8 Å². The van der Waals surface area contributed by atoms with Crippen LogP contribution in [-0.2, 0) is 0 Å². The van der Waals surface area contributed by atoms with E-state index in [4.69, 9.17) is 9.47 Å². The summed E-state index contributed by atoms with van der Waals surface area (Å²) in [5.74, 6) is -5.87. The number of hydrogen-bond acceptors (Lipinski definition) is 2. The van der Waals surface area contributed by atoms with Crippen LogP contribution in [0.4, 0.5) is 26.3 Å². The van der Waals surface area contributed by atoms with Crippen molar-refractivity contribution in [2.75, 3.05) is 6.61 Å². The van der Waals surface area contributed by atoms with Gasteiger partial charge < -0.3 is 9.47 Å². The second kappa shape index (κ2) is 12.8. The van der Waals surface area contributed by atoms with Gasteiger partial charge in [-0.25, -0.2) is 8.78 Å². The van der Waals surface area contributed by atoms with Crippen LogP contribution in [-0.4, -0.2) is 12.7 Å². The molecule has 0 saturated carbocycles. The zero-order chi connectivity index (χ0) is 28.9. The van der Waals surface area contributed by atoms with Crippen LogP contribution in [0.1, 0.15) is 58.8 Å². The minimum Gasteiger partial charge on any atom is -0.491 e. The van der Waals surface area contributed by atoms with E-state index < -0.39 is 35.1 Å². The number of unbranched alkanes of at least 4 members (excludes halogenated alkanes) is 2. The van der Waals surface area contributed by atoms with E-state index in [0.717, 1.165) is 37.8 Å². The summed E-state index contributed by atoms with van der Waals surface area (Å²) in [7, 11) is 0. The third-order valence-electron chi connectivity index (χ3n) is 7.25. The van der Waals surface area contributed by atoms with Crippen LogP contribution >= 0.6 is 0 Å². The molecule has 0 fully saturated rings. The highest BCUT2D eigenvalue weighted by molar-refractivity contribution is 5.72. The molecule has 1 atom stereocenters. The predicted molar refractivity (Wildman–Crippen MR) is 143 cm³/mol. The van der Waals surface area contributed by atoms with Crippen molar-refractivity contribution >= 4 is 0 Å². The fourth-order valence-corrected chi connectivity index (χ4v) is 4.99. The Kier molecular flexibility index (Phi) is 9.48. The first-order chi connectivity index (χ1) is 19.2. The summed E-state index contributed by atoms with van der Waals surface area (Å²) in [6.45, 7) is 3.93. The number of rotatable bonds is 11. The lowest BCUT2D eigenvalue weighted by molar-refractivity contribution is -0.147. The smallest absolute Gasteiger partial charge is 0.422 e. The Morgan fingerprint density at radius 3 is 1.85 bits per heavy atom. The molecule has 1 aliphatic carbocycles. The molecule has 214 valence electrons. The Hall–Kier alpha value is -3.42. The van der Waals surface area contributed by atoms with Crippen molar-refractivity contribution in [1.82, 2.24) is 0 Å². The highest BCUT2D eigenvalue weighted by atomic mass is 19.3. The van der Waals surface area contributed by atoms with Gasteiger partial charge in [-0.2, -0.15) is 17.6 Å². The molecule has 0 N–H and O–H groups in total. The van der Waals surface area contributed by atoms with E-state index in [1.165, 1.54) is 42.5 Å². The van der Waals surface area contributed by atoms with Crippen molar-refractivity contribution in [2.24, 2.45) is 5.92 Å². The minimum atomic E-state index is -3.76. The van der Waals surface area contributed by atoms with Crippen LogP contribution in [0.5, 0.6) is 11.5 Å². The number of alkyl halides is 2. The van der Waals surface area contributed by atoms with Crippen LogP contribution < -0.4 is 9.47 Å². The van der Waals surface area contributed by atoms with Gasteiger partial charge in [0.05, 0.1) is 6.61 Å². The molecule has 0 radical (unpaired) electrons. The van der Waals surface area contributed by atoms with Crippen molar-refractivity contribution in [3.63, 3.8) is 0 Å². The summed E-state index contributed by atoms with van der Waals surface area (Å²) in [6, 6.07) is 10.4. The first kappa shape index (κ1) is 29.6. The summed E-state index contributed by atoms with van der Waals surface area (Å²) in [6.07, 6.45) is 3.20. The Bertz CT molecular complexity index is 1350. The lowest BCUT2D eigenvalue weighted by atomic mass is 9.85. The van der Waals surface area contributed by atoms with Gasteiger partial charge in [-0.05, 0) is 67.5 Å². The van der Waals surface area contributed by atoms with Crippen LogP contribution in [0.3, 0.4) is 0 Å². The van der Waals surface area contributed by atoms with Gasteiger partial charge in [0.1, 0.15) is 0 Å². The SMILES string of the molecule is CCCCCC1CC=C(C(F)(F)Oc2ccc(-c3ccc(-c4ccc(OCC)c(F)c4F)cc3)c(F)c2F)CC1. The highest BCUT2D eigenvalue weighted by Crippen LogP contribution is 2.40. The molecule has 0 amide bonds. The Morgan fingerprint density at radius 1 is 0.750 bits per heavy atom. The molecule has 0 heterocycles. The van der Waals surface area contributed by atoms with Crippen molar-refractivity contribution in [3.05, 3.63) is 83.4 Å². The van der Waals surface area contributed by atoms with Crippen LogP contribution in [0.2, 0.25) is 0 Å². The topological polar surface area (TPSA) is 18.5 Å². The molecule has 0 aromatic heterocycles. The Labute approximate surface area is 230 Å². The van der Waals surface area contributed by atoms with Gasteiger partial charge in [0.15, 0.2) is 23.1 Å². The van der Waals surface area contributed by atoms with E-state index in [9.17, 15) is 26.3 Å². The first-order valence-corrected chi connectivity index (χ1v) is 13.6. The number of hydrogen-bond donors (Lipinski definition) is 0. The summed E-state index contributed by atoms with van der Waals surface area (Å²) in [4.78, 5) is 0. The third kappa shape index (κ3) is 6.48. The molecule has 1 unspecified atom stereocenters. The second-order valence-electron chi connectivity index (χ2n) is 9.97. The zero-order valence-electron chi connectivity index (χ0n) is 22.5. The summed E-state index contributed by atoms with van der Waals surface area (Å²) in [5, 5.41) is 0. The molecular weight excluding hydrogens is 530 g/mol. The van der Waals surface area contributed by atoms with Gasteiger partial charge in [-0.3, -0.25) is 0 Å². The number of allylic oxidation sites excluding steroid dienone is 1. The van der Waals surface area contributed by atoms with E-state index >= 15 is 0 Å². The molecule has 40 heavy (non-hydrogen) atoms. The molecule has 1 aliphatic rings. The first-order valence-electron chi connectivity index (χ1n) is 13.6. The molecule has 0 saturated heterocycles. The summed E-state index contributed by atoms with van der Waals surface area (Å²) < 4.78 is 98.1. The van der Waals surface area contributed by atoms with Gasteiger partial charge in [-0.15, -0.1) is 0 Å². The quantitative estimate of drug-likeness (QED) is 0.132. The molecule has 0 bridgehead atoms. The lowest BCUT2D eigenvalue weighted by Crippen LogP contribution is -2.30. The van der Waals surface area contributed by atoms with Crippen molar-refractivity contribution in [2.45, 2.75) is 64.9 Å². The van der Waals surface area contributed by atoms with Gasteiger partial charge in [0.2, 0.25) is 11.6 Å². The van der Waals surface area contributed by atoms with Crippen molar-refractivity contribution < 1.29 is 35.8 Å². The average Bonchev–Trinajstić information content (AvgIpc) is 2.95. The van der Waals surface area contributed by atoms with Crippen LogP contribution in [0, 0.1) is 29.2 Å². The van der Waals surface area contributed by atoms with E-state index in [0.29, 0.717) is 24.3 Å². The van der Waals surface area contributed by atoms with E-state index in [2.05, 4.69) is 6.92 Å². The van der Waals surface area contributed by atoms with Gasteiger partial charge in [0, 0.05) is 16.7 Å². The van der Waals surface area contributed by atoms with Crippen LogP contribution in [0.25, 0.3) is 22.3 Å². The van der Waals surface area contributed by atoms with E-state index in [1.807, 2.05) is 0 Å². The molecule has 0 aliphatic heterocycles. The monoisotopic (exact) mass is 562 g/mol. The normalized spacial score (nSPS) is 15.6. The number of benzene rings is 3. The minimum absolute atomic E-state index is 0.0329. The molecule has 8 heteroatoms. The van der Waals surface area contributed by atoms with Gasteiger partial charge in [-0.1, -0.05) is 62.9 Å². The maximum Gasteiger partial charge on any atom is 0.422 e. The van der Waals surface area contributed by atoms with E-state index in [-0.39, 0.29) is 41.0 Å². The maximum absolute atomic E-state index is 15.0. The van der Waals surface area contributed by atoms with Gasteiger partial charge >= 0.3 is 6.11 Å². The second-order valence-corrected chi connectivity index (χ2v) is 9.97. The standard InChI is InChI=1S/C32H32F6O2/c1-3-5-6-7-20-8-14-23(15-9-20)32(37,38)40-27-19-17-25(29(34)31(27)36)22-12-10-21(11-13-22)24-16-18-26(39-4-2)30(35)28(24)33/h10-14,16-20H,3-9,15H2,1-2H3.